The Bertz CT molecular complexity index is 832. The summed E-state index contributed by atoms with van der Waals surface area (Å²) in [6, 6.07) is 9.24. The molecule has 1 aromatic carbocycles. The molecule has 2 aromatic rings. The molecule has 0 saturated carbocycles. The summed E-state index contributed by atoms with van der Waals surface area (Å²) < 4.78 is 0. The Labute approximate surface area is 185 Å². The van der Waals surface area contributed by atoms with E-state index in [1.807, 2.05) is 0 Å². The van der Waals surface area contributed by atoms with Crippen molar-refractivity contribution >= 4 is 17.2 Å². The number of aliphatic hydroxyl groups is 1. The van der Waals surface area contributed by atoms with Crippen LogP contribution in [0.2, 0.25) is 0 Å². The van der Waals surface area contributed by atoms with Crippen molar-refractivity contribution in [3.05, 3.63) is 56.8 Å². The molecular formula is C25H36N2O2S. The molecule has 1 aliphatic rings. The number of carbonyl (C=O) groups excluding carboxylic acids is 1. The van der Waals surface area contributed by atoms with Crippen molar-refractivity contribution in [1.82, 2.24) is 10.6 Å². The average Bonchev–Trinajstić information content (AvgIpc) is 3.22. The number of hydrogen-bond acceptors (Lipinski definition) is 4. The summed E-state index contributed by atoms with van der Waals surface area (Å²) >= 11 is 1.69. The number of thiophene rings is 1. The summed E-state index contributed by atoms with van der Waals surface area (Å²) in [6.07, 6.45) is 6.42. The van der Waals surface area contributed by atoms with Gasteiger partial charge in [0.1, 0.15) is 0 Å². The molecule has 3 rings (SSSR count). The molecule has 4 nitrogen and oxygen atoms in total. The maximum Gasteiger partial charge on any atom is 0.225 e. The highest BCUT2D eigenvalue weighted by atomic mass is 32.1. The lowest BCUT2D eigenvalue weighted by Gasteiger charge is -2.29. The van der Waals surface area contributed by atoms with Gasteiger partial charge in [0.2, 0.25) is 5.91 Å². The molecule has 3 N–H and O–H groups in total. The van der Waals surface area contributed by atoms with E-state index in [1.165, 1.54) is 27.1 Å². The Hall–Kier alpha value is -1.69. The number of nitrogens with one attached hydrogen (secondary N) is 2. The van der Waals surface area contributed by atoms with Crippen LogP contribution in [0.25, 0.3) is 0 Å². The van der Waals surface area contributed by atoms with E-state index in [2.05, 4.69) is 54.1 Å². The highest BCUT2D eigenvalue weighted by Crippen LogP contribution is 2.31. The molecule has 1 heterocycles. The largest absolute Gasteiger partial charge is 0.391 e. The first kappa shape index (κ1) is 23.0. The first-order valence-corrected chi connectivity index (χ1v) is 12.2. The van der Waals surface area contributed by atoms with Gasteiger partial charge in [-0.15, -0.1) is 11.3 Å². The van der Waals surface area contributed by atoms with Gasteiger partial charge in [-0.25, -0.2) is 0 Å². The lowest BCUT2D eigenvalue weighted by Crippen LogP contribution is -2.43. The van der Waals surface area contributed by atoms with Gasteiger partial charge in [-0.3, -0.25) is 4.79 Å². The van der Waals surface area contributed by atoms with Crippen LogP contribution in [-0.4, -0.2) is 30.7 Å². The van der Waals surface area contributed by atoms with Gasteiger partial charge in [-0.1, -0.05) is 38.5 Å². The lowest BCUT2D eigenvalue weighted by atomic mass is 9.86. The van der Waals surface area contributed by atoms with Crippen LogP contribution in [0.3, 0.4) is 0 Å². The smallest absolute Gasteiger partial charge is 0.225 e. The summed E-state index contributed by atoms with van der Waals surface area (Å²) in [6.45, 7) is 4.78. The second-order valence-electron chi connectivity index (χ2n) is 8.40. The third-order valence-corrected chi connectivity index (χ3v) is 7.23. The van der Waals surface area contributed by atoms with Crippen LogP contribution >= 0.6 is 11.3 Å². The molecule has 164 valence electrons. The Balaban J connectivity index is 1.66. The molecular weight excluding hydrogens is 392 g/mol. The fourth-order valence-corrected chi connectivity index (χ4v) is 5.43. The zero-order valence-corrected chi connectivity index (χ0v) is 19.4. The van der Waals surface area contributed by atoms with Gasteiger partial charge in [0.05, 0.1) is 12.0 Å². The zero-order valence-electron chi connectivity index (χ0n) is 18.5. The van der Waals surface area contributed by atoms with Crippen molar-refractivity contribution in [3.63, 3.8) is 0 Å². The number of amides is 1. The van der Waals surface area contributed by atoms with Gasteiger partial charge in [-0.05, 0) is 72.2 Å². The van der Waals surface area contributed by atoms with E-state index in [1.54, 1.807) is 18.4 Å². The average molecular weight is 429 g/mol. The molecule has 3 atom stereocenters. The van der Waals surface area contributed by atoms with Gasteiger partial charge in [-0.2, -0.15) is 0 Å². The number of carbonyl (C=O) groups is 1. The number of aliphatic hydroxyl groups excluding tert-OH is 1. The Morgan fingerprint density at radius 3 is 2.83 bits per heavy atom. The van der Waals surface area contributed by atoms with Gasteiger partial charge < -0.3 is 15.7 Å². The van der Waals surface area contributed by atoms with Crippen LogP contribution < -0.4 is 10.6 Å². The summed E-state index contributed by atoms with van der Waals surface area (Å²) in [5, 5.41) is 19.4. The van der Waals surface area contributed by atoms with Crippen molar-refractivity contribution in [3.8, 4) is 0 Å². The van der Waals surface area contributed by atoms with E-state index in [0.717, 1.165) is 38.5 Å². The third-order valence-electron chi connectivity index (χ3n) is 6.22. The molecule has 1 aliphatic carbocycles. The molecule has 0 bridgehead atoms. The Morgan fingerprint density at radius 2 is 2.10 bits per heavy atom. The SMILES string of the molecule is CCCc1csc(CC(C(=O)NC)C(O)CNC2CCCc3ccc(CC)cc32)c1. The molecule has 0 aliphatic heterocycles. The molecule has 0 radical (unpaired) electrons. The van der Waals surface area contributed by atoms with Gasteiger partial charge in [0.15, 0.2) is 0 Å². The zero-order chi connectivity index (χ0) is 21.5. The predicted molar refractivity (Wildman–Crippen MR) is 125 cm³/mol. The second kappa shape index (κ2) is 11.1. The normalized spacial score (nSPS) is 17.9. The molecule has 1 amide bonds. The molecule has 0 spiro atoms. The molecule has 0 saturated heterocycles. The van der Waals surface area contributed by atoms with E-state index in [9.17, 15) is 9.90 Å². The van der Waals surface area contributed by atoms with E-state index in [0.29, 0.717) is 13.0 Å². The maximum atomic E-state index is 12.5. The summed E-state index contributed by atoms with van der Waals surface area (Å²) in [5.74, 6) is -0.535. The Morgan fingerprint density at radius 1 is 1.27 bits per heavy atom. The van der Waals surface area contributed by atoms with Crippen molar-refractivity contribution in [2.24, 2.45) is 5.92 Å². The maximum absolute atomic E-state index is 12.5. The van der Waals surface area contributed by atoms with E-state index in [4.69, 9.17) is 0 Å². The summed E-state index contributed by atoms with van der Waals surface area (Å²) in [4.78, 5) is 13.7. The molecule has 5 heteroatoms. The molecule has 0 fully saturated rings. The summed E-state index contributed by atoms with van der Waals surface area (Å²) in [5.41, 5.74) is 5.46. The first-order chi connectivity index (χ1) is 14.5. The number of benzene rings is 1. The van der Waals surface area contributed by atoms with E-state index >= 15 is 0 Å². The van der Waals surface area contributed by atoms with E-state index < -0.39 is 12.0 Å². The van der Waals surface area contributed by atoms with Crippen LogP contribution in [0.4, 0.5) is 0 Å². The molecule has 30 heavy (non-hydrogen) atoms. The van der Waals surface area contributed by atoms with Crippen LogP contribution in [-0.2, 0) is 30.5 Å². The summed E-state index contributed by atoms with van der Waals surface area (Å²) in [7, 11) is 1.65. The quantitative estimate of drug-likeness (QED) is 0.532. The number of aryl methyl sites for hydroxylation is 3. The minimum Gasteiger partial charge on any atom is -0.391 e. The Kier molecular flexibility index (Phi) is 8.49. The number of fused-ring (bicyclic) bond motifs is 1. The van der Waals surface area contributed by atoms with Gasteiger partial charge in [0.25, 0.3) is 0 Å². The highest BCUT2D eigenvalue weighted by molar-refractivity contribution is 7.10. The monoisotopic (exact) mass is 428 g/mol. The fourth-order valence-electron chi connectivity index (χ4n) is 4.44. The van der Waals surface area contributed by atoms with Crippen LogP contribution in [0.1, 0.15) is 66.3 Å². The van der Waals surface area contributed by atoms with Crippen LogP contribution in [0.5, 0.6) is 0 Å². The van der Waals surface area contributed by atoms with Gasteiger partial charge >= 0.3 is 0 Å². The van der Waals surface area contributed by atoms with Crippen LogP contribution in [0, 0.1) is 5.92 Å². The second-order valence-corrected chi connectivity index (χ2v) is 9.40. The van der Waals surface area contributed by atoms with E-state index in [-0.39, 0.29) is 11.9 Å². The molecule has 3 unspecified atom stereocenters. The third kappa shape index (κ3) is 5.71. The number of rotatable bonds is 10. The minimum atomic E-state index is -0.721. The molecule has 1 aromatic heterocycles. The van der Waals surface area contributed by atoms with Crippen molar-refractivity contribution in [2.75, 3.05) is 13.6 Å². The number of hydrogen-bond donors (Lipinski definition) is 3. The fraction of sp³-hybridized carbons (Fsp3) is 0.560. The topological polar surface area (TPSA) is 61.4 Å². The van der Waals surface area contributed by atoms with Crippen molar-refractivity contribution in [1.29, 1.82) is 0 Å². The predicted octanol–water partition coefficient (Wildman–Crippen LogP) is 4.20. The minimum absolute atomic E-state index is 0.0907. The van der Waals surface area contributed by atoms with Gasteiger partial charge in [0, 0.05) is 24.5 Å². The van der Waals surface area contributed by atoms with Crippen molar-refractivity contribution < 1.29 is 9.90 Å². The van der Waals surface area contributed by atoms with Crippen molar-refractivity contribution in [2.45, 2.75) is 70.9 Å². The highest BCUT2D eigenvalue weighted by Gasteiger charge is 2.28. The standard InChI is InChI=1S/C25H36N2O2S/c1-4-7-18-12-20(30-16-18)14-22(25(29)26-3)24(28)15-27-23-9-6-8-19-11-10-17(5-2)13-21(19)23/h10-13,16,22-24,27-28H,4-9,14-15H2,1-3H3,(H,26,29). The first-order valence-electron chi connectivity index (χ1n) is 11.4. The van der Waals surface area contributed by atoms with Crippen LogP contribution in [0.15, 0.2) is 29.6 Å². The lowest BCUT2D eigenvalue weighted by molar-refractivity contribution is -0.127.